The topological polar surface area (TPSA) is 35.6 Å². The molecule has 0 fully saturated rings. The Balaban J connectivity index is 1.32. The Bertz CT molecular complexity index is 2450. The Morgan fingerprint density at radius 2 is 1.02 bits per heavy atom. The van der Waals surface area contributed by atoms with E-state index >= 15 is 0 Å². The van der Waals surface area contributed by atoms with Crippen LogP contribution in [-0.2, 0) is 0 Å². The largest absolute Gasteiger partial charge is 0.309 e. The SMILES string of the molecule is c1ccc(-n2c3ccccc3c3cc(-c4ccc5c(c4)c4c6ccncc6ncc4n5-c4ccccc4)ccc32)cc1. The van der Waals surface area contributed by atoms with Crippen LogP contribution in [0.5, 0.6) is 0 Å². The first-order chi connectivity index (χ1) is 20.8. The van der Waals surface area contributed by atoms with Crippen LogP contribution >= 0.6 is 0 Å². The second-order valence-corrected chi connectivity index (χ2v) is 10.7. The summed E-state index contributed by atoms with van der Waals surface area (Å²) in [6.45, 7) is 0. The van der Waals surface area contributed by atoms with E-state index in [-0.39, 0.29) is 0 Å². The maximum atomic E-state index is 4.78. The number of benzene rings is 5. The van der Waals surface area contributed by atoms with Crippen LogP contribution in [0.3, 0.4) is 0 Å². The highest BCUT2D eigenvalue weighted by molar-refractivity contribution is 6.21. The molecule has 196 valence electrons. The van der Waals surface area contributed by atoms with Crippen molar-refractivity contribution in [1.29, 1.82) is 0 Å². The lowest BCUT2D eigenvalue weighted by Gasteiger charge is -2.09. The molecule has 4 heteroatoms. The van der Waals surface area contributed by atoms with Crippen molar-refractivity contribution in [2.75, 3.05) is 0 Å². The average Bonchev–Trinajstić information content (AvgIpc) is 3.58. The third kappa shape index (κ3) is 3.29. The highest BCUT2D eigenvalue weighted by atomic mass is 15.0. The lowest BCUT2D eigenvalue weighted by molar-refractivity contribution is 1.17. The normalized spacial score (nSPS) is 11.8. The molecule has 0 amide bonds. The van der Waals surface area contributed by atoms with Gasteiger partial charge in [0, 0.05) is 44.5 Å². The summed E-state index contributed by atoms with van der Waals surface area (Å²) in [6.07, 6.45) is 5.69. The molecule has 42 heavy (non-hydrogen) atoms. The molecule has 0 aliphatic rings. The third-order valence-corrected chi connectivity index (χ3v) is 8.43. The molecule has 0 spiro atoms. The van der Waals surface area contributed by atoms with Gasteiger partial charge in [0.05, 0.1) is 40.0 Å². The van der Waals surface area contributed by atoms with E-state index in [1.54, 1.807) is 0 Å². The van der Waals surface area contributed by atoms with E-state index in [1.165, 1.54) is 49.4 Å². The second kappa shape index (κ2) is 8.88. The van der Waals surface area contributed by atoms with E-state index in [2.05, 4.69) is 142 Å². The summed E-state index contributed by atoms with van der Waals surface area (Å²) < 4.78 is 4.68. The fraction of sp³-hybridized carbons (Fsp3) is 0. The highest BCUT2D eigenvalue weighted by Gasteiger charge is 2.17. The lowest BCUT2D eigenvalue weighted by atomic mass is 10.00. The van der Waals surface area contributed by atoms with Gasteiger partial charge in [-0.15, -0.1) is 0 Å². The van der Waals surface area contributed by atoms with Gasteiger partial charge >= 0.3 is 0 Å². The molecule has 0 radical (unpaired) electrons. The van der Waals surface area contributed by atoms with Crippen LogP contribution in [0.15, 0.2) is 146 Å². The van der Waals surface area contributed by atoms with Crippen molar-refractivity contribution in [2.24, 2.45) is 0 Å². The average molecular weight is 537 g/mol. The monoisotopic (exact) mass is 536 g/mol. The molecule has 9 aromatic rings. The molecule has 4 aromatic heterocycles. The molecule has 4 heterocycles. The van der Waals surface area contributed by atoms with Gasteiger partial charge in [0.1, 0.15) is 0 Å². The zero-order valence-electron chi connectivity index (χ0n) is 22.6. The first kappa shape index (κ1) is 23.0. The summed E-state index contributed by atoms with van der Waals surface area (Å²) in [5, 5.41) is 6.02. The summed E-state index contributed by atoms with van der Waals surface area (Å²) >= 11 is 0. The van der Waals surface area contributed by atoms with Crippen molar-refractivity contribution >= 4 is 54.5 Å². The number of pyridine rings is 2. The molecule has 0 aliphatic heterocycles. The Labute approximate surface area is 241 Å². The van der Waals surface area contributed by atoms with Crippen LogP contribution in [0.25, 0.3) is 77.0 Å². The molecule has 0 atom stereocenters. The number of hydrogen-bond donors (Lipinski definition) is 0. The smallest absolute Gasteiger partial charge is 0.0893 e. The molecule has 0 aliphatic carbocycles. The minimum atomic E-state index is 0.901. The minimum absolute atomic E-state index is 0.901. The van der Waals surface area contributed by atoms with E-state index in [0.717, 1.165) is 27.6 Å². The van der Waals surface area contributed by atoms with Crippen LogP contribution in [0, 0.1) is 0 Å². The Morgan fingerprint density at radius 3 is 1.76 bits per heavy atom. The number of fused-ring (bicyclic) bond motifs is 8. The molecule has 0 N–H and O–H groups in total. The molecule has 0 bridgehead atoms. The summed E-state index contributed by atoms with van der Waals surface area (Å²) in [5.74, 6) is 0. The quantitative estimate of drug-likeness (QED) is 0.225. The first-order valence-electron chi connectivity index (χ1n) is 14.2. The summed E-state index contributed by atoms with van der Waals surface area (Å²) in [6, 6.07) is 45.6. The van der Waals surface area contributed by atoms with Crippen LogP contribution in [0.2, 0.25) is 0 Å². The van der Waals surface area contributed by atoms with Crippen LogP contribution in [0.4, 0.5) is 0 Å². The van der Waals surface area contributed by atoms with Crippen molar-refractivity contribution in [3.63, 3.8) is 0 Å². The minimum Gasteiger partial charge on any atom is -0.309 e. The Kier molecular flexibility index (Phi) is 4.87. The standard InChI is InChI=1S/C38H24N4/c1-3-9-27(10-4-1)41-34-14-8-7-13-29(34)31-21-25(15-17-35(31)41)26-16-18-36-32(22-26)38-30-19-20-39-23-33(30)40-24-37(38)42(36)28-11-5-2-6-12-28/h1-24H. The predicted molar refractivity (Wildman–Crippen MR) is 174 cm³/mol. The maximum absolute atomic E-state index is 4.78. The summed E-state index contributed by atoms with van der Waals surface area (Å²) in [5.41, 5.74) is 10.2. The van der Waals surface area contributed by atoms with Gasteiger partial charge in [-0.05, 0) is 71.8 Å². The van der Waals surface area contributed by atoms with E-state index < -0.39 is 0 Å². The first-order valence-corrected chi connectivity index (χ1v) is 14.2. The van der Waals surface area contributed by atoms with Gasteiger partial charge in [0.25, 0.3) is 0 Å². The van der Waals surface area contributed by atoms with Gasteiger partial charge in [-0.1, -0.05) is 66.7 Å². The molecular formula is C38H24N4. The van der Waals surface area contributed by atoms with Gasteiger partial charge in [-0.2, -0.15) is 0 Å². The zero-order chi connectivity index (χ0) is 27.6. The van der Waals surface area contributed by atoms with Crippen LogP contribution in [0.1, 0.15) is 0 Å². The number of aromatic nitrogens is 4. The molecule has 0 unspecified atom stereocenters. The van der Waals surface area contributed by atoms with Crippen molar-refractivity contribution in [3.05, 3.63) is 146 Å². The van der Waals surface area contributed by atoms with Crippen molar-refractivity contribution in [1.82, 2.24) is 19.1 Å². The second-order valence-electron chi connectivity index (χ2n) is 10.7. The Morgan fingerprint density at radius 1 is 0.429 bits per heavy atom. The number of hydrogen-bond acceptors (Lipinski definition) is 2. The van der Waals surface area contributed by atoms with Crippen LogP contribution < -0.4 is 0 Å². The van der Waals surface area contributed by atoms with Crippen molar-refractivity contribution < 1.29 is 0 Å². The van der Waals surface area contributed by atoms with Gasteiger partial charge in [0.15, 0.2) is 0 Å². The van der Waals surface area contributed by atoms with E-state index in [4.69, 9.17) is 4.98 Å². The zero-order valence-corrected chi connectivity index (χ0v) is 22.6. The van der Waals surface area contributed by atoms with Crippen LogP contribution in [-0.4, -0.2) is 19.1 Å². The Hall–Kier alpha value is -5.74. The van der Waals surface area contributed by atoms with E-state index in [9.17, 15) is 0 Å². The molecule has 0 saturated carbocycles. The predicted octanol–water partition coefficient (Wildman–Crippen LogP) is 9.49. The van der Waals surface area contributed by atoms with Crippen molar-refractivity contribution in [3.8, 4) is 22.5 Å². The summed E-state index contributed by atoms with van der Waals surface area (Å²) in [7, 11) is 0. The van der Waals surface area contributed by atoms with Gasteiger partial charge in [-0.25, -0.2) is 0 Å². The van der Waals surface area contributed by atoms with E-state index in [1.807, 2.05) is 18.6 Å². The number of nitrogens with zero attached hydrogens (tertiary/aromatic N) is 4. The molecule has 4 nitrogen and oxygen atoms in total. The highest BCUT2D eigenvalue weighted by Crippen LogP contribution is 2.39. The van der Waals surface area contributed by atoms with Crippen molar-refractivity contribution in [2.45, 2.75) is 0 Å². The van der Waals surface area contributed by atoms with Gasteiger partial charge < -0.3 is 9.13 Å². The fourth-order valence-corrected chi connectivity index (χ4v) is 6.59. The fourth-order valence-electron chi connectivity index (χ4n) is 6.59. The van der Waals surface area contributed by atoms with Gasteiger partial charge in [-0.3, -0.25) is 9.97 Å². The maximum Gasteiger partial charge on any atom is 0.0893 e. The third-order valence-electron chi connectivity index (χ3n) is 8.43. The van der Waals surface area contributed by atoms with Gasteiger partial charge in [0.2, 0.25) is 0 Å². The molecule has 5 aromatic carbocycles. The number of para-hydroxylation sites is 3. The molecule has 0 saturated heterocycles. The number of rotatable bonds is 3. The lowest BCUT2D eigenvalue weighted by Crippen LogP contribution is -1.94. The van der Waals surface area contributed by atoms with E-state index in [0.29, 0.717) is 0 Å². The molecular weight excluding hydrogens is 512 g/mol. The molecule has 9 rings (SSSR count). The summed E-state index contributed by atoms with van der Waals surface area (Å²) in [4.78, 5) is 9.11.